The van der Waals surface area contributed by atoms with Crippen molar-refractivity contribution in [3.8, 4) is 5.88 Å². The molecule has 0 unspecified atom stereocenters. The normalized spacial score (nSPS) is 18.7. The van der Waals surface area contributed by atoms with Gasteiger partial charge in [0.15, 0.2) is 0 Å². The molecular formula is C25H38F2N3NaOS. The quantitative estimate of drug-likeness (QED) is 0.513. The average molecular weight is 490 g/mol. The number of fused-ring (bicyclic) bond motifs is 3. The van der Waals surface area contributed by atoms with E-state index in [1.807, 2.05) is 25.2 Å². The summed E-state index contributed by atoms with van der Waals surface area (Å²) in [6.07, 6.45) is 14.5. The summed E-state index contributed by atoms with van der Waals surface area (Å²) < 4.78 is 30.5. The van der Waals surface area contributed by atoms with Gasteiger partial charge in [-0.15, -0.1) is 11.3 Å². The van der Waals surface area contributed by atoms with Gasteiger partial charge in [-0.2, -0.15) is 6.92 Å². The van der Waals surface area contributed by atoms with E-state index in [1.54, 1.807) is 13.3 Å². The average Bonchev–Trinajstić information content (AvgIpc) is 3.38. The van der Waals surface area contributed by atoms with Gasteiger partial charge in [-0.25, -0.2) is 18.7 Å². The first kappa shape index (κ1) is 30.4. The van der Waals surface area contributed by atoms with Gasteiger partial charge in [0.25, 0.3) is 5.92 Å². The maximum Gasteiger partial charge on any atom is 1.00 e. The van der Waals surface area contributed by atoms with Crippen LogP contribution in [0.25, 0.3) is 10.2 Å². The number of nitrogens with zero attached hydrogens (tertiary/aromatic N) is 2. The number of hydrogen-bond donors (Lipinski definition) is 1. The van der Waals surface area contributed by atoms with E-state index in [0.29, 0.717) is 19.2 Å². The number of alkyl halides is 2. The Bertz CT molecular complexity index is 817. The van der Waals surface area contributed by atoms with Gasteiger partial charge in [0.2, 0.25) is 5.88 Å². The number of hydrogen-bond acceptors (Lipinski definition) is 5. The third-order valence-electron chi connectivity index (χ3n) is 5.63. The minimum absolute atomic E-state index is 0. The van der Waals surface area contributed by atoms with E-state index in [9.17, 15) is 8.78 Å². The van der Waals surface area contributed by atoms with Crippen molar-refractivity contribution in [2.75, 3.05) is 13.1 Å². The molecule has 0 spiro atoms. The topological polar surface area (TPSA) is 47.0 Å². The summed E-state index contributed by atoms with van der Waals surface area (Å²) in [6, 6.07) is 0. The van der Waals surface area contributed by atoms with Crippen LogP contribution in [0.2, 0.25) is 0 Å². The Hall–Kier alpha value is -0.600. The fourth-order valence-corrected chi connectivity index (χ4v) is 5.34. The van der Waals surface area contributed by atoms with E-state index in [0.717, 1.165) is 10.7 Å². The van der Waals surface area contributed by atoms with Crippen LogP contribution in [0.15, 0.2) is 12.9 Å². The van der Waals surface area contributed by atoms with Crippen LogP contribution in [0.5, 0.6) is 5.88 Å². The van der Waals surface area contributed by atoms with Gasteiger partial charge in [0.05, 0.1) is 5.39 Å². The Balaban J connectivity index is 0.000000328. The monoisotopic (exact) mass is 489 g/mol. The first-order valence-electron chi connectivity index (χ1n) is 12.0. The molecular weight excluding hydrogens is 451 g/mol. The molecule has 2 aromatic rings. The molecule has 4 nitrogen and oxygen atoms in total. The molecule has 2 aliphatic carbocycles. The van der Waals surface area contributed by atoms with E-state index in [1.165, 1.54) is 67.2 Å². The zero-order valence-electron chi connectivity index (χ0n) is 20.8. The third kappa shape index (κ3) is 9.52. The number of aromatic nitrogens is 2. The SMILES string of the molecule is C=[C-]C.CC.FC1(F)CCNCC1.[Na+].c1nc(OC2CCCCC2)c2c3c(sc2n1)CCC3. The van der Waals surface area contributed by atoms with Crippen molar-refractivity contribution in [1.29, 1.82) is 0 Å². The summed E-state index contributed by atoms with van der Waals surface area (Å²) in [5.74, 6) is -1.54. The summed E-state index contributed by atoms with van der Waals surface area (Å²) in [6.45, 7) is 9.93. The molecule has 1 saturated heterocycles. The number of piperidine rings is 1. The molecule has 180 valence electrons. The van der Waals surface area contributed by atoms with Crippen LogP contribution in [-0.4, -0.2) is 35.1 Å². The van der Waals surface area contributed by atoms with Gasteiger partial charge in [0, 0.05) is 30.8 Å². The summed E-state index contributed by atoms with van der Waals surface area (Å²) in [5.41, 5.74) is 1.46. The molecule has 1 aliphatic heterocycles. The van der Waals surface area contributed by atoms with Gasteiger partial charge in [-0.1, -0.05) is 20.3 Å². The minimum atomic E-state index is -2.38. The van der Waals surface area contributed by atoms with Crippen molar-refractivity contribution in [3.63, 3.8) is 0 Å². The second kappa shape index (κ2) is 16.1. The smallest absolute Gasteiger partial charge is 0.507 e. The van der Waals surface area contributed by atoms with E-state index < -0.39 is 5.92 Å². The van der Waals surface area contributed by atoms with Crippen molar-refractivity contribution in [2.24, 2.45) is 0 Å². The molecule has 0 aromatic carbocycles. The predicted molar refractivity (Wildman–Crippen MR) is 130 cm³/mol. The van der Waals surface area contributed by atoms with Crippen LogP contribution in [0.3, 0.4) is 0 Å². The number of rotatable bonds is 2. The van der Waals surface area contributed by atoms with Crippen LogP contribution in [0.4, 0.5) is 8.78 Å². The van der Waals surface area contributed by atoms with Crippen molar-refractivity contribution in [1.82, 2.24) is 15.3 Å². The Kier molecular flexibility index (Phi) is 14.9. The number of halogens is 2. The molecule has 1 saturated carbocycles. The molecule has 8 heteroatoms. The van der Waals surface area contributed by atoms with E-state index in [4.69, 9.17) is 4.74 Å². The molecule has 0 radical (unpaired) electrons. The van der Waals surface area contributed by atoms with E-state index in [-0.39, 0.29) is 42.4 Å². The second-order valence-corrected chi connectivity index (χ2v) is 9.14. The Morgan fingerprint density at radius 3 is 2.30 bits per heavy atom. The maximum atomic E-state index is 12.2. The number of aryl methyl sites for hydroxylation is 2. The first-order chi connectivity index (χ1) is 15.5. The summed E-state index contributed by atoms with van der Waals surface area (Å²) >= 11 is 1.83. The van der Waals surface area contributed by atoms with Crippen molar-refractivity contribution in [3.05, 3.63) is 29.4 Å². The van der Waals surface area contributed by atoms with Gasteiger partial charge < -0.3 is 16.1 Å². The van der Waals surface area contributed by atoms with Crippen molar-refractivity contribution in [2.45, 2.75) is 97.0 Å². The molecule has 5 rings (SSSR count). The zero-order chi connectivity index (χ0) is 23.4. The number of allylic oxidation sites excluding steroid dienone is 1. The largest absolute Gasteiger partial charge is 1.00 e. The Labute approximate surface area is 224 Å². The Morgan fingerprint density at radius 2 is 1.73 bits per heavy atom. The molecule has 2 fully saturated rings. The summed E-state index contributed by atoms with van der Waals surface area (Å²) in [5, 5.41) is 4.07. The molecule has 3 aliphatic rings. The fraction of sp³-hybridized carbons (Fsp3) is 0.680. The number of thiophene rings is 1. The summed E-state index contributed by atoms with van der Waals surface area (Å²) in [4.78, 5) is 11.5. The zero-order valence-corrected chi connectivity index (χ0v) is 23.6. The second-order valence-electron chi connectivity index (χ2n) is 8.05. The molecule has 0 amide bonds. The maximum absolute atomic E-state index is 12.2. The first-order valence-corrected chi connectivity index (χ1v) is 12.8. The van der Waals surface area contributed by atoms with Crippen LogP contribution in [0.1, 0.15) is 82.6 Å². The molecule has 1 N–H and O–H groups in total. The van der Waals surface area contributed by atoms with Crippen LogP contribution < -0.4 is 39.6 Å². The minimum Gasteiger partial charge on any atom is -0.507 e. The molecule has 0 atom stereocenters. The van der Waals surface area contributed by atoms with Crippen molar-refractivity contribution >= 4 is 21.6 Å². The molecule has 2 aromatic heterocycles. The van der Waals surface area contributed by atoms with Gasteiger partial charge in [-0.05, 0) is 50.5 Å². The molecule has 33 heavy (non-hydrogen) atoms. The fourth-order valence-electron chi connectivity index (χ4n) is 4.12. The number of ether oxygens (including phenoxy) is 1. The van der Waals surface area contributed by atoms with Crippen LogP contribution in [0, 0.1) is 6.08 Å². The van der Waals surface area contributed by atoms with Crippen LogP contribution >= 0.6 is 11.3 Å². The third-order valence-corrected chi connectivity index (χ3v) is 6.83. The van der Waals surface area contributed by atoms with E-state index in [2.05, 4.69) is 27.9 Å². The summed E-state index contributed by atoms with van der Waals surface area (Å²) in [7, 11) is 0. The van der Waals surface area contributed by atoms with Gasteiger partial charge in [-0.3, -0.25) is 6.58 Å². The van der Waals surface area contributed by atoms with E-state index >= 15 is 0 Å². The van der Waals surface area contributed by atoms with Crippen LogP contribution in [-0.2, 0) is 12.8 Å². The molecule has 3 heterocycles. The Morgan fingerprint density at radius 1 is 1.09 bits per heavy atom. The number of nitrogens with one attached hydrogen (secondary N) is 1. The van der Waals surface area contributed by atoms with Crippen molar-refractivity contribution < 1.29 is 43.1 Å². The van der Waals surface area contributed by atoms with Gasteiger partial charge in [0.1, 0.15) is 17.3 Å². The molecule has 0 bridgehead atoms. The van der Waals surface area contributed by atoms with Gasteiger partial charge >= 0.3 is 29.6 Å². The standard InChI is InChI=1S/C15H18N2OS.C5H9F2N.C3H5.C2H6.Na/c1-2-5-10(6-3-1)18-14-13-11-7-4-8-12(11)19-15(13)17-9-16-14;6-5(7)1-3-8-4-2-5;1-3-2;1-2;/h9-10H,1-8H2;8H,1-4H2;1H2,2H3;1-2H3;/q;;-1;;+1. The predicted octanol–water partition coefficient (Wildman–Crippen LogP) is 3.92.